The molecular weight excluding hydrogens is 530 g/mol. The van der Waals surface area contributed by atoms with Crippen molar-refractivity contribution >= 4 is 47.2 Å². The molecule has 9 N–H and O–H groups in total. The third-order valence-electron chi connectivity index (χ3n) is 5.78. The topological polar surface area (TPSA) is 197 Å². The van der Waals surface area contributed by atoms with Gasteiger partial charge in [0.05, 0.1) is 6.04 Å². The number of phenols is 1. The monoisotopic (exact) mass is 571 g/mol. The van der Waals surface area contributed by atoms with Crippen LogP contribution < -0.4 is 27.4 Å². The van der Waals surface area contributed by atoms with Gasteiger partial charge in [-0.2, -0.15) is 23.5 Å². The van der Waals surface area contributed by atoms with Gasteiger partial charge in [-0.05, 0) is 73.9 Å². The molecule has 0 aromatic heterocycles. The van der Waals surface area contributed by atoms with Gasteiger partial charge in [-0.15, -0.1) is 0 Å². The van der Waals surface area contributed by atoms with E-state index < -0.39 is 47.9 Å². The molecule has 4 atom stereocenters. The van der Waals surface area contributed by atoms with Crippen LogP contribution >= 0.6 is 23.5 Å². The number of hydrogen-bond acceptors (Lipinski definition) is 9. The van der Waals surface area contributed by atoms with E-state index in [1.54, 1.807) is 12.1 Å². The van der Waals surface area contributed by atoms with Gasteiger partial charge in [0.25, 0.3) is 0 Å². The molecule has 38 heavy (non-hydrogen) atoms. The molecule has 0 bridgehead atoms. The lowest BCUT2D eigenvalue weighted by molar-refractivity contribution is -0.142. The molecule has 1 aromatic rings. The highest BCUT2D eigenvalue weighted by Crippen LogP contribution is 2.13. The van der Waals surface area contributed by atoms with E-state index in [1.807, 2.05) is 12.5 Å². The highest BCUT2D eigenvalue weighted by Gasteiger charge is 2.30. The Morgan fingerprint density at radius 3 is 1.89 bits per heavy atom. The summed E-state index contributed by atoms with van der Waals surface area (Å²) in [5.74, 6) is -1.71. The van der Waals surface area contributed by atoms with Crippen molar-refractivity contribution in [2.75, 3.05) is 30.6 Å². The maximum atomic E-state index is 13.4. The predicted molar refractivity (Wildman–Crippen MR) is 152 cm³/mol. The van der Waals surface area contributed by atoms with E-state index in [1.165, 1.54) is 35.7 Å². The van der Waals surface area contributed by atoms with Crippen LogP contribution in [0.1, 0.15) is 37.7 Å². The molecule has 0 heterocycles. The molecule has 3 amide bonds. The van der Waals surface area contributed by atoms with E-state index in [0.717, 1.165) is 6.42 Å². The van der Waals surface area contributed by atoms with Crippen LogP contribution in [0.5, 0.6) is 5.75 Å². The van der Waals surface area contributed by atoms with Crippen molar-refractivity contribution in [3.63, 3.8) is 0 Å². The third-order valence-corrected chi connectivity index (χ3v) is 7.07. The minimum absolute atomic E-state index is 0.0592. The van der Waals surface area contributed by atoms with Crippen molar-refractivity contribution in [1.82, 2.24) is 16.0 Å². The molecule has 0 fully saturated rings. The molecule has 0 aliphatic carbocycles. The number of nitrogens with one attached hydrogen (secondary N) is 3. The number of carbonyl (C=O) groups excluding carboxylic acids is 3. The Morgan fingerprint density at radius 2 is 1.34 bits per heavy atom. The van der Waals surface area contributed by atoms with Gasteiger partial charge in [0.15, 0.2) is 0 Å². The van der Waals surface area contributed by atoms with Gasteiger partial charge < -0.3 is 37.6 Å². The van der Waals surface area contributed by atoms with Crippen molar-refractivity contribution in [2.45, 2.75) is 62.7 Å². The van der Waals surface area contributed by atoms with Crippen molar-refractivity contribution in [2.24, 2.45) is 11.5 Å². The fourth-order valence-corrected chi connectivity index (χ4v) is 4.48. The molecule has 0 aliphatic heterocycles. The summed E-state index contributed by atoms with van der Waals surface area (Å²) in [5.41, 5.74) is 12.2. The fourth-order valence-electron chi connectivity index (χ4n) is 3.54. The van der Waals surface area contributed by atoms with Crippen molar-refractivity contribution < 1.29 is 29.4 Å². The lowest BCUT2D eigenvalue weighted by Gasteiger charge is -2.25. The molecule has 1 aromatic carbocycles. The summed E-state index contributed by atoms with van der Waals surface area (Å²) in [6.07, 6.45) is 6.10. The first-order valence-electron chi connectivity index (χ1n) is 12.5. The Labute approximate surface area is 232 Å². The van der Waals surface area contributed by atoms with Crippen molar-refractivity contribution in [3.05, 3.63) is 29.8 Å². The number of thioether (sulfide) groups is 2. The lowest BCUT2D eigenvalue weighted by Crippen LogP contribution is -2.57. The fraction of sp³-hybridized carbons (Fsp3) is 0.600. The van der Waals surface area contributed by atoms with Crippen LogP contribution in [0.3, 0.4) is 0 Å². The van der Waals surface area contributed by atoms with Crippen LogP contribution in [0.4, 0.5) is 0 Å². The van der Waals surface area contributed by atoms with Crippen molar-refractivity contribution in [3.8, 4) is 5.75 Å². The van der Waals surface area contributed by atoms with Gasteiger partial charge in [-0.1, -0.05) is 18.6 Å². The van der Waals surface area contributed by atoms with E-state index in [9.17, 15) is 29.4 Å². The standard InChI is InChI=1S/C25H41N5O6S2/c1-37-13-10-19(23(33)29-20(25(35)36)11-14-38-2)28-24(34)21(15-16-6-8-17(31)9-7-16)30-22(32)18(27)5-3-4-12-26/h6-9,18-21,31H,3-5,10-15,26-27H2,1-2H3,(H,28,34)(H,29,33)(H,30,32)(H,35,36). The van der Waals surface area contributed by atoms with E-state index in [-0.39, 0.29) is 25.0 Å². The number of unbranched alkanes of at least 4 members (excludes halogenated alkanes) is 1. The second-order valence-electron chi connectivity index (χ2n) is 8.85. The largest absolute Gasteiger partial charge is 0.508 e. The summed E-state index contributed by atoms with van der Waals surface area (Å²) >= 11 is 2.95. The SMILES string of the molecule is CSCCC(NC(=O)C(CCSC)NC(=O)C(Cc1ccc(O)cc1)NC(=O)C(N)CCCCN)C(=O)O. The number of amides is 3. The number of carboxylic acids is 1. The average molecular weight is 572 g/mol. The first kappa shape index (κ1) is 33.5. The van der Waals surface area contributed by atoms with Crippen LogP contribution in [0.2, 0.25) is 0 Å². The molecule has 4 unspecified atom stereocenters. The number of rotatable bonds is 19. The van der Waals surface area contributed by atoms with Crippen molar-refractivity contribution in [1.29, 1.82) is 0 Å². The number of benzene rings is 1. The number of nitrogens with two attached hydrogens (primary N) is 2. The molecule has 1 rings (SSSR count). The van der Waals surface area contributed by atoms with Crippen LogP contribution in [-0.2, 0) is 25.6 Å². The zero-order valence-corrected chi connectivity index (χ0v) is 23.6. The van der Waals surface area contributed by atoms with E-state index in [2.05, 4.69) is 16.0 Å². The van der Waals surface area contributed by atoms with Crippen LogP contribution in [0.15, 0.2) is 24.3 Å². The van der Waals surface area contributed by atoms with Gasteiger partial charge in [0.2, 0.25) is 17.7 Å². The second-order valence-corrected chi connectivity index (χ2v) is 10.8. The minimum atomic E-state index is -1.15. The summed E-state index contributed by atoms with van der Waals surface area (Å²) in [7, 11) is 0. The smallest absolute Gasteiger partial charge is 0.326 e. The molecule has 0 spiro atoms. The first-order chi connectivity index (χ1) is 18.1. The predicted octanol–water partition coefficient (Wildman–Crippen LogP) is 0.436. The van der Waals surface area contributed by atoms with Crippen LogP contribution in [-0.4, -0.2) is 88.6 Å². The third kappa shape index (κ3) is 12.9. The van der Waals surface area contributed by atoms with Crippen LogP contribution in [0.25, 0.3) is 0 Å². The quantitative estimate of drug-likeness (QED) is 0.114. The second kappa shape index (κ2) is 18.7. The number of aliphatic carboxylic acids is 1. The summed E-state index contributed by atoms with van der Waals surface area (Å²) < 4.78 is 0. The number of hydrogen-bond donors (Lipinski definition) is 7. The normalized spacial score (nSPS) is 14.1. The minimum Gasteiger partial charge on any atom is -0.508 e. The van der Waals surface area contributed by atoms with E-state index in [4.69, 9.17) is 11.5 Å². The van der Waals surface area contributed by atoms with Gasteiger partial charge in [0, 0.05) is 6.42 Å². The Kier molecular flexibility index (Phi) is 16.5. The summed E-state index contributed by atoms with van der Waals surface area (Å²) in [5, 5.41) is 27.0. The highest BCUT2D eigenvalue weighted by molar-refractivity contribution is 7.98. The molecule has 13 heteroatoms. The van der Waals surface area contributed by atoms with E-state index >= 15 is 0 Å². The number of phenolic OH excluding ortho intramolecular Hbond substituents is 1. The molecule has 0 radical (unpaired) electrons. The Balaban J connectivity index is 3.06. The lowest BCUT2D eigenvalue weighted by atomic mass is 10.0. The molecule has 0 aliphatic rings. The first-order valence-corrected chi connectivity index (χ1v) is 15.3. The van der Waals surface area contributed by atoms with Crippen LogP contribution in [0, 0.1) is 0 Å². The average Bonchev–Trinajstić information content (AvgIpc) is 2.89. The Morgan fingerprint density at radius 1 is 0.816 bits per heavy atom. The highest BCUT2D eigenvalue weighted by atomic mass is 32.2. The summed E-state index contributed by atoms with van der Waals surface area (Å²) in [6.45, 7) is 0.486. The zero-order valence-electron chi connectivity index (χ0n) is 22.0. The van der Waals surface area contributed by atoms with Gasteiger partial charge in [-0.3, -0.25) is 14.4 Å². The van der Waals surface area contributed by atoms with Gasteiger partial charge in [0.1, 0.15) is 23.9 Å². The number of aromatic hydroxyl groups is 1. The van der Waals surface area contributed by atoms with Gasteiger partial charge >= 0.3 is 5.97 Å². The molecule has 0 saturated heterocycles. The molecular formula is C25H41N5O6S2. The number of carbonyl (C=O) groups is 4. The Hall–Kier alpha value is -2.48. The summed E-state index contributed by atoms with van der Waals surface area (Å²) in [4.78, 5) is 50.8. The van der Waals surface area contributed by atoms with E-state index in [0.29, 0.717) is 36.5 Å². The maximum absolute atomic E-state index is 13.4. The molecule has 11 nitrogen and oxygen atoms in total. The molecule has 0 saturated carbocycles. The zero-order chi connectivity index (χ0) is 28.5. The summed E-state index contributed by atoms with van der Waals surface area (Å²) in [6, 6.07) is 2.24. The number of carboxylic acid groups (broad SMARTS) is 1. The van der Waals surface area contributed by atoms with Gasteiger partial charge in [-0.25, -0.2) is 4.79 Å². The molecule has 214 valence electrons. The Bertz CT molecular complexity index is 889. The maximum Gasteiger partial charge on any atom is 0.326 e.